The van der Waals surface area contributed by atoms with Crippen LogP contribution in [0.2, 0.25) is 0 Å². The Bertz CT molecular complexity index is 775. The zero-order valence-corrected chi connectivity index (χ0v) is 10.6. The third-order valence-electron chi connectivity index (χ3n) is 3.51. The molecule has 3 aromatic rings. The van der Waals surface area contributed by atoms with Crippen molar-refractivity contribution in [1.82, 2.24) is 19.6 Å². The van der Waals surface area contributed by atoms with Crippen LogP contribution in [0.1, 0.15) is 11.3 Å². The van der Waals surface area contributed by atoms with Gasteiger partial charge in [0.15, 0.2) is 11.5 Å². The number of aromatic nitrogens is 4. The second kappa shape index (κ2) is 3.78. The molecule has 0 saturated heterocycles. The van der Waals surface area contributed by atoms with Crippen molar-refractivity contribution in [3.05, 3.63) is 41.9 Å². The highest BCUT2D eigenvalue weighted by atomic mass is 15.3. The lowest BCUT2D eigenvalue weighted by atomic mass is 10.1. The molecule has 0 radical (unpaired) electrons. The minimum atomic E-state index is 0.830. The molecule has 1 aliphatic rings. The maximum Gasteiger partial charge on any atom is 0.169 e. The van der Waals surface area contributed by atoms with E-state index in [1.165, 1.54) is 11.3 Å². The summed E-state index contributed by atoms with van der Waals surface area (Å²) >= 11 is 0. The fraction of sp³-hybridized carbons (Fsp3) is 0.214. The summed E-state index contributed by atoms with van der Waals surface area (Å²) in [5.41, 5.74) is 5.41. The summed E-state index contributed by atoms with van der Waals surface area (Å²) in [7, 11) is 0. The van der Waals surface area contributed by atoms with Gasteiger partial charge in [-0.05, 0) is 25.0 Å². The Balaban J connectivity index is 1.90. The van der Waals surface area contributed by atoms with Crippen LogP contribution in [-0.2, 0) is 6.42 Å². The van der Waals surface area contributed by atoms with Gasteiger partial charge < -0.3 is 5.32 Å². The van der Waals surface area contributed by atoms with Gasteiger partial charge in [-0.2, -0.15) is 0 Å². The van der Waals surface area contributed by atoms with Crippen LogP contribution in [0.5, 0.6) is 0 Å². The SMILES string of the molecule is Cc1cc2nnc(-c3ccc4c(c3)NCC4)n2cn1. The predicted molar refractivity (Wildman–Crippen MR) is 73.1 cm³/mol. The van der Waals surface area contributed by atoms with Crippen LogP contribution in [0.25, 0.3) is 17.0 Å². The summed E-state index contributed by atoms with van der Waals surface area (Å²) in [4.78, 5) is 4.31. The minimum absolute atomic E-state index is 0.830. The molecule has 0 bridgehead atoms. The normalized spacial score (nSPS) is 13.5. The maximum atomic E-state index is 4.31. The number of rotatable bonds is 1. The lowest BCUT2D eigenvalue weighted by Gasteiger charge is -2.04. The highest BCUT2D eigenvalue weighted by Gasteiger charge is 2.14. The summed E-state index contributed by atoms with van der Waals surface area (Å²) in [5.74, 6) is 0.832. The highest BCUT2D eigenvalue weighted by molar-refractivity contribution is 5.68. The Morgan fingerprint density at radius 1 is 1.21 bits per heavy atom. The van der Waals surface area contributed by atoms with Gasteiger partial charge in [-0.1, -0.05) is 12.1 Å². The zero-order valence-electron chi connectivity index (χ0n) is 10.6. The maximum absolute atomic E-state index is 4.31. The first-order chi connectivity index (χ1) is 9.31. The molecule has 5 nitrogen and oxygen atoms in total. The van der Waals surface area contributed by atoms with Gasteiger partial charge in [-0.25, -0.2) is 4.98 Å². The monoisotopic (exact) mass is 251 g/mol. The van der Waals surface area contributed by atoms with Crippen molar-refractivity contribution in [1.29, 1.82) is 0 Å². The molecule has 0 saturated carbocycles. The Kier molecular flexibility index (Phi) is 2.09. The number of nitrogens with one attached hydrogen (secondary N) is 1. The van der Waals surface area contributed by atoms with Crippen LogP contribution in [-0.4, -0.2) is 26.1 Å². The molecule has 0 amide bonds. The average molecular weight is 251 g/mol. The van der Waals surface area contributed by atoms with Gasteiger partial charge in [0.05, 0.1) is 0 Å². The molecule has 0 aliphatic carbocycles. The molecule has 0 atom stereocenters. The van der Waals surface area contributed by atoms with Gasteiger partial charge >= 0.3 is 0 Å². The van der Waals surface area contributed by atoms with Gasteiger partial charge in [-0.3, -0.25) is 4.40 Å². The van der Waals surface area contributed by atoms with E-state index in [1.54, 1.807) is 6.33 Å². The van der Waals surface area contributed by atoms with Crippen LogP contribution in [0, 0.1) is 6.92 Å². The number of fused-ring (bicyclic) bond motifs is 2. The second-order valence-corrected chi connectivity index (χ2v) is 4.83. The summed E-state index contributed by atoms with van der Waals surface area (Å²) in [6.45, 7) is 2.97. The van der Waals surface area contributed by atoms with Crippen LogP contribution < -0.4 is 5.32 Å². The Morgan fingerprint density at radius 3 is 3.11 bits per heavy atom. The summed E-state index contributed by atoms with van der Waals surface area (Å²) in [6.07, 6.45) is 2.87. The van der Waals surface area contributed by atoms with Crippen LogP contribution in [0.4, 0.5) is 5.69 Å². The molecule has 5 heteroatoms. The van der Waals surface area contributed by atoms with Gasteiger partial charge in [0.1, 0.15) is 6.33 Å². The Morgan fingerprint density at radius 2 is 2.16 bits per heavy atom. The number of hydrogen-bond acceptors (Lipinski definition) is 4. The van der Waals surface area contributed by atoms with E-state index in [0.717, 1.165) is 35.7 Å². The molecule has 1 aromatic carbocycles. The average Bonchev–Trinajstić information content (AvgIpc) is 3.02. The molecule has 2 aromatic heterocycles. The first kappa shape index (κ1) is 10.5. The standard InChI is InChI=1S/C14H13N5/c1-9-6-13-17-18-14(19(13)8-16-9)11-3-2-10-4-5-15-12(10)7-11/h2-3,6-8,15H,4-5H2,1H3. The molecule has 3 heterocycles. The number of hydrogen-bond donors (Lipinski definition) is 1. The minimum Gasteiger partial charge on any atom is -0.384 e. The summed E-state index contributed by atoms with van der Waals surface area (Å²) in [6, 6.07) is 8.33. The Labute approximate surface area is 110 Å². The van der Waals surface area contributed by atoms with Crippen molar-refractivity contribution in [2.24, 2.45) is 0 Å². The van der Waals surface area contributed by atoms with E-state index in [1.807, 2.05) is 17.4 Å². The first-order valence-corrected chi connectivity index (χ1v) is 6.36. The van der Waals surface area contributed by atoms with Crippen molar-refractivity contribution < 1.29 is 0 Å². The smallest absolute Gasteiger partial charge is 0.169 e. The van der Waals surface area contributed by atoms with E-state index in [-0.39, 0.29) is 0 Å². The molecular formula is C14H13N5. The van der Waals surface area contributed by atoms with Crippen LogP contribution in [0.3, 0.4) is 0 Å². The first-order valence-electron chi connectivity index (χ1n) is 6.36. The third kappa shape index (κ3) is 1.58. The molecule has 0 spiro atoms. The topological polar surface area (TPSA) is 55.1 Å². The van der Waals surface area contributed by atoms with Gasteiger partial charge in [0, 0.05) is 29.6 Å². The number of nitrogens with zero attached hydrogens (tertiary/aromatic N) is 4. The van der Waals surface area contributed by atoms with E-state index in [2.05, 4.69) is 38.7 Å². The van der Waals surface area contributed by atoms with Crippen LogP contribution >= 0.6 is 0 Å². The molecule has 19 heavy (non-hydrogen) atoms. The number of benzene rings is 1. The molecule has 0 fully saturated rings. The van der Waals surface area contributed by atoms with E-state index in [9.17, 15) is 0 Å². The zero-order chi connectivity index (χ0) is 12.8. The van der Waals surface area contributed by atoms with E-state index >= 15 is 0 Å². The molecular weight excluding hydrogens is 238 g/mol. The highest BCUT2D eigenvalue weighted by Crippen LogP contribution is 2.28. The molecule has 1 N–H and O–H groups in total. The number of anilines is 1. The largest absolute Gasteiger partial charge is 0.384 e. The number of aryl methyl sites for hydroxylation is 1. The van der Waals surface area contributed by atoms with Crippen molar-refractivity contribution in [3.63, 3.8) is 0 Å². The lowest BCUT2D eigenvalue weighted by molar-refractivity contribution is 1.05. The van der Waals surface area contributed by atoms with Gasteiger partial charge in [0.2, 0.25) is 0 Å². The lowest BCUT2D eigenvalue weighted by Crippen LogP contribution is -1.94. The second-order valence-electron chi connectivity index (χ2n) is 4.83. The van der Waals surface area contributed by atoms with Gasteiger partial charge in [-0.15, -0.1) is 10.2 Å². The molecule has 1 aliphatic heterocycles. The predicted octanol–water partition coefficient (Wildman–Crippen LogP) is 2.07. The summed E-state index contributed by atoms with van der Waals surface area (Å²) < 4.78 is 1.92. The van der Waals surface area contributed by atoms with Crippen molar-refractivity contribution >= 4 is 11.3 Å². The third-order valence-corrected chi connectivity index (χ3v) is 3.51. The quantitative estimate of drug-likeness (QED) is 0.719. The van der Waals surface area contributed by atoms with E-state index < -0.39 is 0 Å². The molecule has 0 unspecified atom stereocenters. The molecule has 94 valence electrons. The summed E-state index contributed by atoms with van der Waals surface area (Å²) in [5, 5.41) is 11.9. The fourth-order valence-corrected chi connectivity index (χ4v) is 2.52. The van der Waals surface area contributed by atoms with Gasteiger partial charge in [0.25, 0.3) is 0 Å². The van der Waals surface area contributed by atoms with Crippen LogP contribution in [0.15, 0.2) is 30.6 Å². The van der Waals surface area contributed by atoms with E-state index in [4.69, 9.17) is 0 Å². The van der Waals surface area contributed by atoms with Crippen molar-refractivity contribution in [2.75, 3.05) is 11.9 Å². The Hall–Kier alpha value is -2.43. The van der Waals surface area contributed by atoms with Crippen molar-refractivity contribution in [3.8, 4) is 11.4 Å². The fourth-order valence-electron chi connectivity index (χ4n) is 2.52. The molecule has 4 rings (SSSR count). The van der Waals surface area contributed by atoms with Crippen molar-refractivity contribution in [2.45, 2.75) is 13.3 Å². The van der Waals surface area contributed by atoms with E-state index in [0.29, 0.717) is 0 Å².